The minimum absolute atomic E-state index is 0.485. The first kappa shape index (κ1) is 22.8. The molecule has 1 aromatic heterocycles. The van der Waals surface area contributed by atoms with Crippen LogP contribution in [0.25, 0.3) is 11.3 Å². The van der Waals surface area contributed by atoms with E-state index < -0.39 is 11.6 Å². The lowest BCUT2D eigenvalue weighted by Crippen LogP contribution is -2.49. The third-order valence-corrected chi connectivity index (χ3v) is 6.98. The smallest absolute Gasteiger partial charge is 0.326 e. The number of hydrogen-bond donors (Lipinski definition) is 0. The molecule has 6 heteroatoms. The second kappa shape index (κ2) is 7.89. The van der Waals surface area contributed by atoms with Gasteiger partial charge >= 0.3 is 6.05 Å². The molecule has 0 amide bonds. The zero-order valence-electron chi connectivity index (χ0n) is 19.3. The number of halogens is 2. The van der Waals surface area contributed by atoms with Crippen molar-refractivity contribution >= 4 is 12.6 Å². The van der Waals surface area contributed by atoms with Gasteiger partial charge in [-0.15, -0.1) is 0 Å². The summed E-state index contributed by atoms with van der Waals surface area (Å²) < 4.78 is 32.2. The van der Waals surface area contributed by atoms with Crippen molar-refractivity contribution in [2.24, 2.45) is 7.05 Å². The van der Waals surface area contributed by atoms with Gasteiger partial charge in [-0.05, 0) is 55.6 Å². The van der Waals surface area contributed by atoms with E-state index in [4.69, 9.17) is 0 Å². The maximum atomic E-state index is 15.1. The van der Waals surface area contributed by atoms with Crippen molar-refractivity contribution < 1.29 is 18.4 Å². The summed E-state index contributed by atoms with van der Waals surface area (Å²) in [6.07, 6.45) is 2.55. The van der Waals surface area contributed by atoms with Crippen LogP contribution in [0.3, 0.4) is 0 Å². The van der Waals surface area contributed by atoms with Crippen LogP contribution in [0, 0.1) is 13.8 Å². The number of aldehydes is 2. The van der Waals surface area contributed by atoms with Crippen molar-refractivity contribution in [3.05, 3.63) is 93.7 Å². The molecule has 0 aliphatic carbocycles. The van der Waals surface area contributed by atoms with E-state index in [1.807, 2.05) is 37.6 Å². The molecule has 0 spiro atoms. The van der Waals surface area contributed by atoms with E-state index in [9.17, 15) is 9.59 Å². The minimum atomic E-state index is -3.15. The van der Waals surface area contributed by atoms with Gasteiger partial charge in [0.15, 0.2) is 0 Å². The Morgan fingerprint density at radius 1 is 0.788 bits per heavy atom. The van der Waals surface area contributed by atoms with Gasteiger partial charge in [0.25, 0.3) is 0 Å². The van der Waals surface area contributed by atoms with Gasteiger partial charge in [-0.25, -0.2) is 4.90 Å². The van der Waals surface area contributed by atoms with Gasteiger partial charge in [0, 0.05) is 24.3 Å². The summed E-state index contributed by atoms with van der Waals surface area (Å²) in [5, 5.41) is 0. The number of nitrogens with zero attached hydrogens (tertiary/aromatic N) is 2. The Balaban J connectivity index is 2.04. The molecule has 0 radical (unpaired) electrons. The monoisotopic (exact) mass is 448 g/mol. The molecule has 0 saturated carbocycles. The molecule has 2 aromatic carbocycles. The number of benzene rings is 2. The average molecular weight is 449 g/mol. The lowest BCUT2D eigenvalue weighted by Gasteiger charge is -2.41. The van der Waals surface area contributed by atoms with Crippen LogP contribution in [0.2, 0.25) is 0 Å². The number of likely N-dealkylation sites (N-methyl/N-ethyl adjacent to an activating group) is 1. The minimum Gasteiger partial charge on any atom is -0.345 e. The number of aromatic nitrogens is 1. The molecule has 4 nitrogen and oxygen atoms in total. The van der Waals surface area contributed by atoms with Gasteiger partial charge in [-0.3, -0.25) is 9.59 Å². The highest BCUT2D eigenvalue weighted by atomic mass is 19.3. The Morgan fingerprint density at radius 2 is 1.30 bits per heavy atom. The Hall–Kier alpha value is -3.38. The van der Waals surface area contributed by atoms with E-state index in [0.29, 0.717) is 22.3 Å². The fourth-order valence-electron chi connectivity index (χ4n) is 5.27. The van der Waals surface area contributed by atoms with Gasteiger partial charge in [0.1, 0.15) is 18.1 Å². The third-order valence-electron chi connectivity index (χ3n) is 6.98. The maximum absolute atomic E-state index is 15.1. The van der Waals surface area contributed by atoms with Crippen LogP contribution in [0.4, 0.5) is 8.78 Å². The quantitative estimate of drug-likeness (QED) is 0.287. The topological polar surface area (TPSA) is 42.3 Å². The van der Waals surface area contributed by atoms with Crippen molar-refractivity contribution in [3.8, 4) is 11.3 Å². The Bertz CT molecular complexity index is 1270. The van der Waals surface area contributed by atoms with Gasteiger partial charge in [-0.2, -0.15) is 8.78 Å². The summed E-state index contributed by atoms with van der Waals surface area (Å²) in [6, 6.07) is 10.9. The van der Waals surface area contributed by atoms with Crippen LogP contribution in [-0.2, 0) is 12.6 Å². The van der Waals surface area contributed by atoms with Crippen LogP contribution < -0.4 is 0 Å². The van der Waals surface area contributed by atoms with Crippen LogP contribution >= 0.6 is 0 Å². The first-order chi connectivity index (χ1) is 15.6. The van der Waals surface area contributed by atoms with Crippen molar-refractivity contribution in [3.63, 3.8) is 0 Å². The fourth-order valence-corrected chi connectivity index (χ4v) is 5.27. The zero-order chi connectivity index (χ0) is 24.1. The number of carbonyl (C=O) groups is 2. The van der Waals surface area contributed by atoms with Crippen LogP contribution in [0.1, 0.15) is 50.0 Å². The number of rotatable bonds is 5. The van der Waals surface area contributed by atoms with Crippen molar-refractivity contribution in [2.45, 2.75) is 32.4 Å². The largest absolute Gasteiger partial charge is 0.345 e. The number of hydrogen-bond acceptors (Lipinski definition) is 3. The first-order valence-electron chi connectivity index (χ1n) is 10.7. The second-order valence-electron chi connectivity index (χ2n) is 8.67. The van der Waals surface area contributed by atoms with E-state index >= 15 is 8.78 Å². The van der Waals surface area contributed by atoms with Crippen LogP contribution in [-0.4, -0.2) is 35.1 Å². The lowest BCUT2D eigenvalue weighted by molar-refractivity contribution is -0.109. The molecular weight excluding hydrogens is 422 g/mol. The maximum Gasteiger partial charge on any atom is 0.326 e. The van der Waals surface area contributed by atoms with E-state index in [1.54, 1.807) is 43.3 Å². The highest BCUT2D eigenvalue weighted by Gasteiger charge is 2.57. The lowest BCUT2D eigenvalue weighted by atomic mass is 9.79. The molecule has 0 N–H and O–H groups in total. The SMILES string of the molecule is CC1=CC(F)(F)N(C)C1(c1ccc(C=O)cc1)c1c(C)c(C)c(-c2ccc(C=O)cc2)n1C. The summed E-state index contributed by atoms with van der Waals surface area (Å²) in [5.74, 6) is 0. The van der Waals surface area contributed by atoms with Crippen LogP contribution in [0.5, 0.6) is 0 Å². The summed E-state index contributed by atoms with van der Waals surface area (Å²) in [4.78, 5) is 23.4. The van der Waals surface area contributed by atoms with Crippen LogP contribution in [0.15, 0.2) is 60.2 Å². The van der Waals surface area contributed by atoms with Crippen molar-refractivity contribution in [2.75, 3.05) is 7.05 Å². The Morgan fingerprint density at radius 3 is 1.76 bits per heavy atom. The molecule has 1 aliphatic heterocycles. The molecule has 4 rings (SSSR count). The zero-order valence-corrected chi connectivity index (χ0v) is 19.3. The molecule has 33 heavy (non-hydrogen) atoms. The summed E-state index contributed by atoms with van der Waals surface area (Å²) in [6.45, 7) is 5.66. The van der Waals surface area contributed by atoms with E-state index in [2.05, 4.69) is 0 Å². The predicted molar refractivity (Wildman–Crippen MR) is 125 cm³/mol. The standard InChI is InChI=1S/C27H26F2N2O2/c1-17-14-26(28,29)31(5)27(17,23-12-8-21(16-33)9-13-23)25-19(3)18(2)24(30(25)4)22-10-6-20(15-32)7-11-22/h6-16H,1-5H3. The highest BCUT2D eigenvalue weighted by molar-refractivity contribution is 5.78. The normalized spacial score (nSPS) is 20.0. The molecule has 170 valence electrons. The molecular formula is C27H26F2N2O2. The van der Waals surface area contributed by atoms with E-state index in [0.717, 1.165) is 51.6 Å². The molecule has 1 aliphatic rings. The summed E-state index contributed by atoms with van der Waals surface area (Å²) in [7, 11) is 3.32. The molecule has 0 fully saturated rings. The van der Waals surface area contributed by atoms with Gasteiger partial charge in [0.05, 0.1) is 11.4 Å². The Kier molecular flexibility index (Phi) is 5.45. The van der Waals surface area contributed by atoms with E-state index in [-0.39, 0.29) is 0 Å². The molecule has 2 heterocycles. The Labute approximate surface area is 192 Å². The molecule has 0 saturated heterocycles. The fraction of sp³-hybridized carbons (Fsp3) is 0.259. The molecule has 0 bridgehead atoms. The second-order valence-corrected chi connectivity index (χ2v) is 8.67. The molecule has 1 atom stereocenters. The van der Waals surface area contributed by atoms with Crippen molar-refractivity contribution in [1.29, 1.82) is 0 Å². The van der Waals surface area contributed by atoms with Gasteiger partial charge < -0.3 is 4.57 Å². The number of carbonyl (C=O) groups excluding carboxylic acids is 2. The molecule has 1 unspecified atom stereocenters. The predicted octanol–water partition coefficient (Wildman–Crippen LogP) is 5.66. The van der Waals surface area contributed by atoms with E-state index in [1.165, 1.54) is 7.05 Å². The van der Waals surface area contributed by atoms with Gasteiger partial charge in [-0.1, -0.05) is 48.5 Å². The molecule has 3 aromatic rings. The first-order valence-corrected chi connectivity index (χ1v) is 10.7. The highest BCUT2D eigenvalue weighted by Crippen LogP contribution is 2.53. The summed E-state index contributed by atoms with van der Waals surface area (Å²) >= 11 is 0. The number of alkyl halides is 2. The summed E-state index contributed by atoms with van der Waals surface area (Å²) in [5.41, 5.74) is 5.43. The van der Waals surface area contributed by atoms with Crippen molar-refractivity contribution in [1.82, 2.24) is 9.47 Å². The van der Waals surface area contributed by atoms with Gasteiger partial charge in [0.2, 0.25) is 0 Å². The average Bonchev–Trinajstić information content (AvgIpc) is 3.13. The third kappa shape index (κ3) is 3.20.